The van der Waals surface area contributed by atoms with Gasteiger partial charge < -0.3 is 21.1 Å². The molecular weight excluding hydrogens is 419 g/mol. The van der Waals surface area contributed by atoms with Gasteiger partial charge in [0.25, 0.3) is 0 Å². The highest BCUT2D eigenvalue weighted by Gasteiger charge is 2.60. The number of ketones is 1. The number of benzene rings is 2. The molecule has 1 fully saturated rings. The predicted molar refractivity (Wildman–Crippen MR) is 118 cm³/mol. The first-order chi connectivity index (χ1) is 14.9. The number of rotatable bonds is 2. The number of halogens is 3. The highest BCUT2D eigenvalue weighted by Crippen LogP contribution is 2.60. The van der Waals surface area contributed by atoms with Gasteiger partial charge in [0.15, 0.2) is 5.78 Å². The number of carbonyl (C=O) groups is 1. The molecule has 1 unspecified atom stereocenters. The summed E-state index contributed by atoms with van der Waals surface area (Å²) in [5.41, 5.74) is 4.28. The number of phenolic OH excluding ortho intramolecular Hbond substituents is 1. The molecule has 1 spiro atoms. The van der Waals surface area contributed by atoms with E-state index in [1.165, 1.54) is 0 Å². The molecule has 2 aliphatic rings. The number of nitrogen functional groups attached to an aromatic ring is 1. The number of phenols is 1. The highest BCUT2D eigenvalue weighted by molar-refractivity contribution is 6.01. The number of para-hydroxylation sites is 2. The topological polar surface area (TPSA) is 78.6 Å². The first-order valence-corrected chi connectivity index (χ1v) is 10.7. The largest absolute Gasteiger partial charge is 0.506 e. The molecule has 0 amide bonds. The summed E-state index contributed by atoms with van der Waals surface area (Å²) < 4.78 is 42.8. The van der Waals surface area contributed by atoms with Crippen molar-refractivity contribution in [2.75, 3.05) is 23.7 Å². The molecule has 2 aromatic carbocycles. The Morgan fingerprint density at radius 3 is 2.31 bits per heavy atom. The van der Waals surface area contributed by atoms with Crippen LogP contribution in [0.1, 0.15) is 44.7 Å². The van der Waals surface area contributed by atoms with E-state index in [4.69, 9.17) is 5.73 Å². The van der Waals surface area contributed by atoms with Gasteiger partial charge in [-0.1, -0.05) is 32.9 Å². The van der Waals surface area contributed by atoms with Crippen LogP contribution in [0.3, 0.4) is 0 Å². The lowest BCUT2D eigenvalue weighted by atomic mass is 9.64. The minimum absolute atomic E-state index is 0.00245. The van der Waals surface area contributed by atoms with Crippen LogP contribution in [0, 0.1) is 5.41 Å². The highest BCUT2D eigenvalue weighted by atomic mass is 19.4. The fraction of sp³-hybridized carbons (Fsp3) is 0.458. The van der Waals surface area contributed by atoms with Gasteiger partial charge in [0.2, 0.25) is 0 Å². The zero-order valence-corrected chi connectivity index (χ0v) is 18.4. The molecule has 0 radical (unpaired) electrons. The van der Waals surface area contributed by atoms with Crippen molar-refractivity contribution >= 4 is 22.8 Å². The Labute approximate surface area is 185 Å². The Bertz CT molecular complexity index is 1050. The van der Waals surface area contributed by atoms with E-state index in [0.717, 1.165) is 12.1 Å². The minimum atomic E-state index is -4.64. The molecule has 0 aliphatic carbocycles. The van der Waals surface area contributed by atoms with Crippen molar-refractivity contribution in [3.05, 3.63) is 47.5 Å². The second-order valence-electron chi connectivity index (χ2n) is 9.71. The third-order valence-electron chi connectivity index (χ3n) is 6.66. The lowest BCUT2D eigenvalue weighted by molar-refractivity contribution is -0.139. The number of nitrogens with one attached hydrogen (secondary N) is 1. The summed E-state index contributed by atoms with van der Waals surface area (Å²) in [6, 6.07) is 7.83. The Morgan fingerprint density at radius 2 is 1.75 bits per heavy atom. The predicted octanol–water partition coefficient (Wildman–Crippen LogP) is 4.75. The van der Waals surface area contributed by atoms with Gasteiger partial charge in [0.05, 0.1) is 22.6 Å². The van der Waals surface area contributed by atoms with Crippen LogP contribution >= 0.6 is 0 Å². The number of aromatic hydroxyl groups is 1. The fourth-order valence-electron chi connectivity index (χ4n) is 5.22. The Morgan fingerprint density at radius 1 is 1.12 bits per heavy atom. The normalized spacial score (nSPS) is 20.4. The Balaban J connectivity index is 2.13. The first kappa shape index (κ1) is 22.5. The average molecular weight is 448 g/mol. The zero-order chi connectivity index (χ0) is 23.5. The molecule has 2 aromatic rings. The van der Waals surface area contributed by atoms with E-state index < -0.39 is 28.6 Å². The van der Waals surface area contributed by atoms with Crippen molar-refractivity contribution in [3.8, 4) is 5.75 Å². The summed E-state index contributed by atoms with van der Waals surface area (Å²) in [4.78, 5) is 15.5. The molecule has 5 nitrogen and oxygen atoms in total. The van der Waals surface area contributed by atoms with E-state index in [2.05, 4.69) is 5.32 Å². The maximum atomic E-state index is 14.3. The molecule has 4 rings (SSSR count). The number of anilines is 3. The number of fused-ring (bicyclic) bond motifs is 2. The van der Waals surface area contributed by atoms with E-state index in [0.29, 0.717) is 37.3 Å². The lowest BCUT2D eigenvalue weighted by Crippen LogP contribution is -2.56. The van der Waals surface area contributed by atoms with Crippen molar-refractivity contribution in [1.82, 2.24) is 5.32 Å². The number of hydrogen-bond donors (Lipinski definition) is 3. The number of nitrogens with zero attached hydrogens (tertiary/aromatic N) is 1. The third-order valence-corrected chi connectivity index (χ3v) is 6.66. The van der Waals surface area contributed by atoms with Crippen molar-refractivity contribution in [1.29, 1.82) is 0 Å². The summed E-state index contributed by atoms with van der Waals surface area (Å²) in [5, 5.41) is 14.1. The van der Waals surface area contributed by atoms with Crippen LogP contribution in [0.15, 0.2) is 36.4 Å². The molecule has 2 aliphatic heterocycles. The smallest absolute Gasteiger partial charge is 0.416 e. The quantitative estimate of drug-likeness (QED) is 0.579. The van der Waals surface area contributed by atoms with E-state index >= 15 is 0 Å². The SMILES string of the molecule is CC(C)(C)C(=O)C1N(c2ccccc2N)c2c(O)ccc(C(F)(F)F)c2C12CCNCC2. The fourth-order valence-corrected chi connectivity index (χ4v) is 5.22. The van der Waals surface area contributed by atoms with Crippen LogP contribution in [0.4, 0.5) is 30.2 Å². The molecule has 172 valence electrons. The molecule has 0 bridgehead atoms. The van der Waals surface area contributed by atoms with Crippen LogP contribution in [0.5, 0.6) is 5.75 Å². The molecule has 0 aromatic heterocycles. The Hall–Kier alpha value is -2.74. The van der Waals surface area contributed by atoms with Gasteiger partial charge in [-0.3, -0.25) is 4.79 Å². The van der Waals surface area contributed by atoms with Crippen molar-refractivity contribution in [2.24, 2.45) is 5.41 Å². The van der Waals surface area contributed by atoms with Crippen LogP contribution < -0.4 is 16.0 Å². The van der Waals surface area contributed by atoms with E-state index in [-0.39, 0.29) is 22.8 Å². The maximum Gasteiger partial charge on any atom is 0.416 e. The lowest BCUT2D eigenvalue weighted by Gasteiger charge is -2.44. The maximum absolute atomic E-state index is 14.3. The van der Waals surface area contributed by atoms with Crippen molar-refractivity contribution in [3.63, 3.8) is 0 Å². The molecule has 32 heavy (non-hydrogen) atoms. The van der Waals surface area contributed by atoms with Gasteiger partial charge in [0.1, 0.15) is 11.8 Å². The monoisotopic (exact) mass is 447 g/mol. The molecule has 4 N–H and O–H groups in total. The third kappa shape index (κ3) is 3.32. The van der Waals surface area contributed by atoms with E-state index in [9.17, 15) is 23.1 Å². The summed E-state index contributed by atoms with van der Waals surface area (Å²) in [6.07, 6.45) is -3.96. The number of nitrogens with two attached hydrogens (primary N) is 1. The number of piperidine rings is 1. The summed E-state index contributed by atoms with van der Waals surface area (Å²) >= 11 is 0. The van der Waals surface area contributed by atoms with Gasteiger partial charge in [-0.05, 0) is 50.2 Å². The zero-order valence-electron chi connectivity index (χ0n) is 18.4. The number of hydrogen-bond acceptors (Lipinski definition) is 5. The molecular formula is C24H28F3N3O2. The second-order valence-corrected chi connectivity index (χ2v) is 9.71. The van der Waals surface area contributed by atoms with Crippen molar-refractivity contribution < 1.29 is 23.1 Å². The Kier molecular flexibility index (Phi) is 5.19. The summed E-state index contributed by atoms with van der Waals surface area (Å²) in [6.45, 7) is 6.25. The summed E-state index contributed by atoms with van der Waals surface area (Å²) in [7, 11) is 0. The van der Waals surface area contributed by atoms with Crippen LogP contribution in [-0.2, 0) is 16.4 Å². The van der Waals surface area contributed by atoms with Crippen LogP contribution in [0.25, 0.3) is 0 Å². The van der Waals surface area contributed by atoms with Gasteiger partial charge in [-0.2, -0.15) is 13.2 Å². The van der Waals surface area contributed by atoms with Gasteiger partial charge in [-0.15, -0.1) is 0 Å². The number of alkyl halides is 3. The molecule has 1 atom stereocenters. The van der Waals surface area contributed by atoms with Crippen LogP contribution in [-0.4, -0.2) is 30.0 Å². The van der Waals surface area contributed by atoms with Gasteiger partial charge in [-0.25, -0.2) is 0 Å². The van der Waals surface area contributed by atoms with Gasteiger partial charge >= 0.3 is 6.18 Å². The average Bonchev–Trinajstić information content (AvgIpc) is 2.98. The molecule has 1 saturated heterocycles. The molecule has 2 heterocycles. The van der Waals surface area contributed by atoms with E-state index in [1.54, 1.807) is 49.9 Å². The standard InChI is InChI=1S/C24H28F3N3O2/c1-22(2,3)21(32)20-23(10-12-29-13-11-23)18-14(24(25,26)27)8-9-17(31)19(18)30(20)16-7-5-4-6-15(16)28/h4-9,20,29,31H,10-13,28H2,1-3H3. The van der Waals surface area contributed by atoms with E-state index in [1.807, 2.05) is 0 Å². The number of Topliss-reactive ketones (excluding diaryl/α,β-unsaturated/α-hetero) is 1. The molecule has 8 heteroatoms. The summed E-state index contributed by atoms with van der Waals surface area (Å²) in [5.74, 6) is -0.482. The van der Waals surface area contributed by atoms with Crippen molar-refractivity contribution in [2.45, 2.75) is 51.2 Å². The minimum Gasteiger partial charge on any atom is -0.506 e. The number of carbonyl (C=O) groups excluding carboxylic acids is 1. The van der Waals surface area contributed by atoms with Crippen LogP contribution in [0.2, 0.25) is 0 Å². The first-order valence-electron chi connectivity index (χ1n) is 10.7. The second kappa shape index (κ2) is 7.40. The van der Waals surface area contributed by atoms with Gasteiger partial charge in [0, 0.05) is 16.4 Å². The molecule has 0 saturated carbocycles.